The molecule has 5 aliphatic rings. The number of carbonyl (C=O) groups is 4. The van der Waals surface area contributed by atoms with Crippen LogP contribution < -0.4 is 14.7 Å². The molecule has 4 fully saturated rings. The first-order valence-electron chi connectivity index (χ1n) is 17.9. The van der Waals surface area contributed by atoms with Gasteiger partial charge >= 0.3 is 0 Å². The predicted octanol–water partition coefficient (Wildman–Crippen LogP) is 6.90. The molecule has 4 amide bonds. The zero-order valence-electron chi connectivity index (χ0n) is 28.5. The molecule has 3 aliphatic heterocycles. The number of benzene rings is 4. The maximum absolute atomic E-state index is 15.3. The number of carbonyl (C=O) groups excluding carboxylic acids is 4. The van der Waals surface area contributed by atoms with Gasteiger partial charge in [0.05, 0.1) is 47.8 Å². The molecule has 53 heavy (non-hydrogen) atoms. The van der Waals surface area contributed by atoms with Gasteiger partial charge in [0.2, 0.25) is 23.6 Å². The summed E-state index contributed by atoms with van der Waals surface area (Å²) in [5.41, 5.74) is 2.36. The van der Waals surface area contributed by atoms with Gasteiger partial charge in [-0.3, -0.25) is 24.1 Å². The fraction of sp³-hybridized carbons (Fsp3) is 0.286. The Kier molecular flexibility index (Phi) is 8.22. The molecule has 4 aromatic rings. The summed E-state index contributed by atoms with van der Waals surface area (Å²) in [5, 5.41) is 11.0. The third kappa shape index (κ3) is 5.08. The molecule has 1 saturated carbocycles. The van der Waals surface area contributed by atoms with E-state index in [2.05, 4.69) is 4.90 Å². The van der Waals surface area contributed by atoms with Crippen LogP contribution in [0.4, 0.5) is 17.1 Å². The van der Waals surface area contributed by atoms with Gasteiger partial charge in [-0.1, -0.05) is 77.3 Å². The summed E-state index contributed by atoms with van der Waals surface area (Å²) in [6.45, 7) is 2.79. The number of allylic oxidation sites excluding steroid dienone is 2. The average molecular weight is 749 g/mol. The number of phenols is 1. The lowest BCUT2D eigenvalue weighted by Crippen LogP contribution is -2.53. The van der Waals surface area contributed by atoms with Crippen LogP contribution in [0.3, 0.4) is 0 Å². The molecule has 1 N–H and O–H groups in total. The van der Waals surface area contributed by atoms with Crippen LogP contribution in [-0.4, -0.2) is 55.0 Å². The minimum atomic E-state index is -1.46. The lowest BCUT2D eigenvalue weighted by atomic mass is 9.49. The molecule has 3 saturated heterocycles. The molecule has 9 nitrogen and oxygen atoms in total. The molecule has 0 radical (unpaired) electrons. The Labute approximate surface area is 316 Å². The highest BCUT2D eigenvalue weighted by Gasteiger charge is 2.70. The highest BCUT2D eigenvalue weighted by Crippen LogP contribution is 2.65. The van der Waals surface area contributed by atoms with Crippen molar-refractivity contribution in [2.24, 2.45) is 23.7 Å². The second-order valence-electron chi connectivity index (χ2n) is 14.4. The molecule has 6 atom stereocenters. The van der Waals surface area contributed by atoms with E-state index < -0.39 is 46.8 Å². The molecule has 9 rings (SSSR count). The third-order valence-electron chi connectivity index (χ3n) is 11.9. The lowest BCUT2D eigenvalue weighted by molar-refractivity contribution is -0.127. The number of rotatable bonds is 5. The van der Waals surface area contributed by atoms with E-state index in [1.807, 2.05) is 60.7 Å². The van der Waals surface area contributed by atoms with Crippen LogP contribution in [0.15, 0.2) is 109 Å². The van der Waals surface area contributed by atoms with Crippen LogP contribution in [0, 0.1) is 23.7 Å². The Morgan fingerprint density at radius 1 is 0.717 bits per heavy atom. The van der Waals surface area contributed by atoms with Gasteiger partial charge in [0.15, 0.2) is 0 Å². The van der Waals surface area contributed by atoms with Crippen molar-refractivity contribution in [2.75, 3.05) is 41.0 Å². The van der Waals surface area contributed by atoms with Crippen LogP contribution in [0.1, 0.15) is 29.9 Å². The zero-order valence-corrected chi connectivity index (χ0v) is 30.0. The number of hydrogen-bond acceptors (Lipinski definition) is 7. The maximum atomic E-state index is 15.3. The number of fused-ring (bicyclic) bond motifs is 4. The number of anilines is 3. The van der Waals surface area contributed by atoms with Crippen LogP contribution in [-0.2, 0) is 29.3 Å². The highest BCUT2D eigenvalue weighted by atomic mass is 35.5. The van der Waals surface area contributed by atoms with Gasteiger partial charge in [-0.25, -0.2) is 4.90 Å². The zero-order chi connectivity index (χ0) is 36.6. The number of nitrogens with zero attached hydrogens (tertiary/aromatic N) is 3. The topological polar surface area (TPSA) is 107 Å². The number of halogens is 2. The number of hydrogen-bond donors (Lipinski definition) is 1. The summed E-state index contributed by atoms with van der Waals surface area (Å²) < 4.78 is 5.49. The van der Waals surface area contributed by atoms with Gasteiger partial charge < -0.3 is 14.7 Å². The van der Waals surface area contributed by atoms with Crippen molar-refractivity contribution in [3.8, 4) is 5.75 Å². The van der Waals surface area contributed by atoms with Gasteiger partial charge in [-0.15, -0.1) is 0 Å². The molecular formula is C42H35Cl2N3O6. The van der Waals surface area contributed by atoms with Crippen molar-refractivity contribution >= 4 is 63.9 Å². The van der Waals surface area contributed by atoms with E-state index in [1.54, 1.807) is 30.3 Å². The first-order chi connectivity index (χ1) is 25.7. The van der Waals surface area contributed by atoms with E-state index in [-0.39, 0.29) is 35.4 Å². The third-order valence-corrected chi connectivity index (χ3v) is 12.5. The molecule has 3 heterocycles. The minimum Gasteiger partial charge on any atom is -0.508 e. The molecule has 11 heteroatoms. The average Bonchev–Trinajstić information content (AvgIpc) is 3.56. The summed E-state index contributed by atoms with van der Waals surface area (Å²) in [7, 11) is 0. The Balaban J connectivity index is 1.18. The molecule has 0 aromatic heterocycles. The normalized spacial score (nSPS) is 28.2. The molecule has 0 bridgehead atoms. The van der Waals surface area contributed by atoms with E-state index in [4.69, 9.17) is 27.9 Å². The largest absolute Gasteiger partial charge is 0.508 e. The van der Waals surface area contributed by atoms with E-state index in [0.717, 1.165) is 24.4 Å². The van der Waals surface area contributed by atoms with Crippen LogP contribution in [0.5, 0.6) is 5.75 Å². The second kappa shape index (κ2) is 12.9. The Morgan fingerprint density at radius 3 is 2.17 bits per heavy atom. The van der Waals surface area contributed by atoms with Gasteiger partial charge in [-0.2, -0.15) is 0 Å². The molecule has 0 spiro atoms. The maximum Gasteiger partial charge on any atom is 0.246 e. The monoisotopic (exact) mass is 747 g/mol. The number of amides is 4. The summed E-state index contributed by atoms with van der Waals surface area (Å²) in [6, 6.07) is 28.1. The first-order valence-corrected chi connectivity index (χ1v) is 18.6. The Bertz CT molecular complexity index is 2200. The number of aromatic hydroxyl groups is 1. The van der Waals surface area contributed by atoms with Crippen molar-refractivity contribution in [2.45, 2.75) is 24.2 Å². The highest BCUT2D eigenvalue weighted by molar-refractivity contribution is 6.33. The number of imide groups is 2. The number of ether oxygens (including phenoxy) is 1. The number of phenolic OH excluding ortho intramolecular Hbond substituents is 1. The van der Waals surface area contributed by atoms with E-state index in [0.29, 0.717) is 40.7 Å². The van der Waals surface area contributed by atoms with E-state index in [1.165, 1.54) is 21.9 Å². The lowest BCUT2D eigenvalue weighted by Gasteiger charge is -2.51. The van der Waals surface area contributed by atoms with Crippen molar-refractivity contribution in [1.82, 2.24) is 0 Å². The Morgan fingerprint density at radius 2 is 1.45 bits per heavy atom. The van der Waals surface area contributed by atoms with Crippen molar-refractivity contribution < 1.29 is 29.0 Å². The van der Waals surface area contributed by atoms with Crippen molar-refractivity contribution in [3.63, 3.8) is 0 Å². The molecule has 2 aliphatic carbocycles. The molecule has 4 aromatic carbocycles. The smallest absolute Gasteiger partial charge is 0.246 e. The van der Waals surface area contributed by atoms with Crippen LogP contribution >= 0.6 is 23.2 Å². The van der Waals surface area contributed by atoms with E-state index in [9.17, 15) is 19.5 Å². The predicted molar refractivity (Wildman–Crippen MR) is 201 cm³/mol. The second-order valence-corrected chi connectivity index (χ2v) is 15.3. The SMILES string of the molecule is O=C1[C@H]2[C@H](CC=C3[C@H]2C[C@H]2C(=O)N(c4cccc(Cl)c4)C(=O)[C@@]2(c2ccccc2)[C@H]3c2ccc(O)cc2Cl)C(=O)N1c1ccc(N2CCOCC2)cc1. The summed E-state index contributed by atoms with van der Waals surface area (Å²) in [4.78, 5) is 63.9. The summed E-state index contributed by atoms with van der Waals surface area (Å²) in [6.07, 6.45) is 2.44. The van der Waals surface area contributed by atoms with Crippen molar-refractivity contribution in [1.29, 1.82) is 0 Å². The van der Waals surface area contributed by atoms with Gasteiger partial charge in [0.1, 0.15) is 5.75 Å². The Hall–Kier alpha value is -4.96. The molecule has 268 valence electrons. The minimum absolute atomic E-state index is 0.0460. The fourth-order valence-electron chi connectivity index (χ4n) is 9.73. The van der Waals surface area contributed by atoms with Gasteiger partial charge in [0, 0.05) is 34.7 Å². The first kappa shape index (κ1) is 33.8. The molecule has 0 unspecified atom stereocenters. The van der Waals surface area contributed by atoms with E-state index >= 15 is 4.79 Å². The fourth-order valence-corrected chi connectivity index (χ4v) is 10.2. The van der Waals surface area contributed by atoms with Crippen LogP contribution in [0.25, 0.3) is 0 Å². The quantitative estimate of drug-likeness (QED) is 0.175. The van der Waals surface area contributed by atoms with Gasteiger partial charge in [-0.05, 0) is 84.5 Å². The summed E-state index contributed by atoms with van der Waals surface area (Å²) >= 11 is 13.4. The van der Waals surface area contributed by atoms with Gasteiger partial charge in [0.25, 0.3) is 0 Å². The standard InChI is InChI=1S/C42H35Cl2N3O6/c43-25-7-4-8-28(21-25)47-39(50)34-23-33-30(37(31-14-13-29(48)22-35(31)44)42(34,41(47)52)24-5-2-1-3-6-24)15-16-32-36(33)40(51)46(38(32)49)27-11-9-26(10-12-27)45-17-19-53-20-18-45/h1-15,21-22,32-34,36-37,48H,16-20,23H2/t32-,33+,34-,36-,37+,42+/m0/s1. The van der Waals surface area contributed by atoms with Crippen LogP contribution in [0.2, 0.25) is 10.0 Å². The number of morpholine rings is 1. The molecular weight excluding hydrogens is 713 g/mol. The van der Waals surface area contributed by atoms with Crippen molar-refractivity contribution in [3.05, 3.63) is 130 Å². The summed E-state index contributed by atoms with van der Waals surface area (Å²) in [5.74, 6) is -5.12.